The van der Waals surface area contributed by atoms with E-state index in [0.29, 0.717) is 13.1 Å². The van der Waals surface area contributed by atoms with Gasteiger partial charge >= 0.3 is 0 Å². The van der Waals surface area contributed by atoms with Gasteiger partial charge in [0.2, 0.25) is 0 Å². The van der Waals surface area contributed by atoms with E-state index in [1.54, 1.807) is 23.4 Å². The van der Waals surface area contributed by atoms with E-state index < -0.39 is 0 Å². The van der Waals surface area contributed by atoms with Crippen LogP contribution in [0.5, 0.6) is 0 Å². The van der Waals surface area contributed by atoms with Crippen molar-refractivity contribution in [2.75, 3.05) is 26.2 Å². The fraction of sp³-hybridized carbons (Fsp3) is 0.435. The zero-order valence-electron chi connectivity index (χ0n) is 17.6. The SMILES string of the molecule is CCCn1c(C)cc(/C=C(\C#N)C(=O)N2CCN(Cc3ccncc3)CC2)c1C. The third-order valence-corrected chi connectivity index (χ3v) is 5.53. The number of nitriles is 1. The lowest BCUT2D eigenvalue weighted by Crippen LogP contribution is -2.48. The number of hydrogen-bond donors (Lipinski definition) is 0. The largest absolute Gasteiger partial charge is 0.349 e. The minimum Gasteiger partial charge on any atom is -0.349 e. The van der Waals surface area contributed by atoms with E-state index in [-0.39, 0.29) is 11.5 Å². The van der Waals surface area contributed by atoms with Crippen LogP contribution in [0.2, 0.25) is 0 Å². The van der Waals surface area contributed by atoms with Gasteiger partial charge in [-0.25, -0.2) is 0 Å². The summed E-state index contributed by atoms with van der Waals surface area (Å²) in [6, 6.07) is 8.22. The molecule has 0 spiro atoms. The third-order valence-electron chi connectivity index (χ3n) is 5.53. The lowest BCUT2D eigenvalue weighted by molar-refractivity contribution is -0.128. The van der Waals surface area contributed by atoms with Crippen LogP contribution in [-0.2, 0) is 17.9 Å². The van der Waals surface area contributed by atoms with E-state index in [4.69, 9.17) is 0 Å². The molecule has 1 aliphatic heterocycles. The van der Waals surface area contributed by atoms with Crippen LogP contribution >= 0.6 is 0 Å². The Balaban J connectivity index is 1.66. The maximum absolute atomic E-state index is 12.9. The Morgan fingerprint density at radius 3 is 2.52 bits per heavy atom. The Bertz CT molecular complexity index is 915. The van der Waals surface area contributed by atoms with Crippen LogP contribution < -0.4 is 0 Å². The molecule has 0 bridgehead atoms. The maximum atomic E-state index is 12.9. The van der Waals surface area contributed by atoms with Gasteiger partial charge in [0, 0.05) is 63.1 Å². The lowest BCUT2D eigenvalue weighted by Gasteiger charge is -2.34. The van der Waals surface area contributed by atoms with Crippen molar-refractivity contribution in [3.63, 3.8) is 0 Å². The molecule has 152 valence electrons. The molecule has 2 aromatic rings. The standard InChI is InChI=1S/C23H29N5O/c1-4-9-28-18(2)14-21(19(28)3)15-22(16-24)23(29)27-12-10-26(11-13-27)17-20-5-7-25-8-6-20/h5-8,14-15H,4,9-13,17H2,1-3H3/b22-15+. The highest BCUT2D eigenvalue weighted by atomic mass is 16.2. The highest BCUT2D eigenvalue weighted by molar-refractivity contribution is 6.01. The van der Waals surface area contributed by atoms with Crippen LogP contribution in [0.4, 0.5) is 0 Å². The predicted molar refractivity (Wildman–Crippen MR) is 114 cm³/mol. The van der Waals surface area contributed by atoms with Gasteiger partial charge in [-0.2, -0.15) is 5.26 Å². The molecule has 6 heteroatoms. The monoisotopic (exact) mass is 391 g/mol. The molecule has 0 radical (unpaired) electrons. The second-order valence-electron chi connectivity index (χ2n) is 7.57. The summed E-state index contributed by atoms with van der Waals surface area (Å²) in [5.74, 6) is -0.170. The van der Waals surface area contributed by atoms with Crippen molar-refractivity contribution in [2.45, 2.75) is 40.3 Å². The molecule has 0 saturated carbocycles. The number of rotatable bonds is 6. The first kappa shape index (κ1) is 20.8. The van der Waals surface area contributed by atoms with Crippen molar-refractivity contribution in [1.29, 1.82) is 5.26 Å². The first-order valence-corrected chi connectivity index (χ1v) is 10.2. The first-order valence-electron chi connectivity index (χ1n) is 10.2. The molecular formula is C23H29N5O. The number of nitrogens with zero attached hydrogens (tertiary/aromatic N) is 5. The van der Waals surface area contributed by atoms with Crippen LogP contribution in [0.3, 0.4) is 0 Å². The van der Waals surface area contributed by atoms with E-state index >= 15 is 0 Å². The molecule has 0 aromatic carbocycles. The number of piperazine rings is 1. The lowest BCUT2D eigenvalue weighted by atomic mass is 10.1. The highest BCUT2D eigenvalue weighted by Crippen LogP contribution is 2.20. The van der Waals surface area contributed by atoms with Crippen LogP contribution in [0.1, 0.15) is 35.9 Å². The number of pyridine rings is 1. The summed E-state index contributed by atoms with van der Waals surface area (Å²) in [4.78, 5) is 21.1. The van der Waals surface area contributed by atoms with E-state index in [1.807, 2.05) is 19.1 Å². The van der Waals surface area contributed by atoms with E-state index in [0.717, 1.165) is 49.6 Å². The quantitative estimate of drug-likeness (QED) is 0.560. The van der Waals surface area contributed by atoms with Gasteiger partial charge < -0.3 is 9.47 Å². The molecule has 0 aliphatic carbocycles. The minimum absolute atomic E-state index is 0.170. The summed E-state index contributed by atoms with van der Waals surface area (Å²) >= 11 is 0. The van der Waals surface area contributed by atoms with Gasteiger partial charge in [0.1, 0.15) is 11.6 Å². The van der Waals surface area contributed by atoms with Gasteiger partial charge in [-0.05, 0) is 55.7 Å². The van der Waals surface area contributed by atoms with Crippen molar-refractivity contribution >= 4 is 12.0 Å². The second-order valence-corrected chi connectivity index (χ2v) is 7.57. The molecule has 3 rings (SSSR count). The van der Waals surface area contributed by atoms with Gasteiger partial charge in [0.15, 0.2) is 0 Å². The molecule has 1 saturated heterocycles. The Morgan fingerprint density at radius 2 is 1.90 bits per heavy atom. The Morgan fingerprint density at radius 1 is 1.21 bits per heavy atom. The molecule has 6 nitrogen and oxygen atoms in total. The Hall–Kier alpha value is -2.91. The molecule has 1 amide bonds. The molecule has 29 heavy (non-hydrogen) atoms. The van der Waals surface area contributed by atoms with Crippen molar-refractivity contribution < 1.29 is 4.79 Å². The molecule has 2 aromatic heterocycles. The number of aryl methyl sites for hydroxylation is 1. The van der Waals surface area contributed by atoms with E-state index in [2.05, 4.69) is 40.4 Å². The van der Waals surface area contributed by atoms with Gasteiger partial charge in [-0.1, -0.05) is 6.92 Å². The normalized spacial score (nSPS) is 15.4. The number of carbonyl (C=O) groups excluding carboxylic acids is 1. The highest BCUT2D eigenvalue weighted by Gasteiger charge is 2.24. The molecule has 0 unspecified atom stereocenters. The van der Waals surface area contributed by atoms with Crippen molar-refractivity contribution in [1.82, 2.24) is 19.4 Å². The number of carbonyl (C=O) groups is 1. The van der Waals surface area contributed by atoms with Gasteiger partial charge in [-0.3, -0.25) is 14.7 Å². The summed E-state index contributed by atoms with van der Waals surface area (Å²) in [5.41, 5.74) is 4.65. The second kappa shape index (κ2) is 9.53. The topological polar surface area (TPSA) is 65.2 Å². The summed E-state index contributed by atoms with van der Waals surface area (Å²) in [6.45, 7) is 10.9. The zero-order chi connectivity index (χ0) is 20.8. The first-order chi connectivity index (χ1) is 14.0. The number of aromatic nitrogens is 2. The summed E-state index contributed by atoms with van der Waals surface area (Å²) in [6.07, 6.45) is 6.40. The van der Waals surface area contributed by atoms with Crippen molar-refractivity contribution in [3.05, 3.63) is 58.7 Å². The average Bonchev–Trinajstić information content (AvgIpc) is 3.00. The number of amides is 1. The van der Waals surface area contributed by atoms with Crippen molar-refractivity contribution in [2.24, 2.45) is 0 Å². The number of hydrogen-bond acceptors (Lipinski definition) is 4. The Kier molecular flexibility index (Phi) is 6.84. The fourth-order valence-electron chi connectivity index (χ4n) is 3.86. The molecule has 1 aliphatic rings. The molecule has 1 fully saturated rings. The smallest absolute Gasteiger partial charge is 0.264 e. The molecule has 0 N–H and O–H groups in total. The predicted octanol–water partition coefficient (Wildman–Crippen LogP) is 3.16. The van der Waals surface area contributed by atoms with Gasteiger partial charge in [0.25, 0.3) is 5.91 Å². The average molecular weight is 392 g/mol. The fourth-order valence-corrected chi connectivity index (χ4v) is 3.86. The molecular weight excluding hydrogens is 362 g/mol. The summed E-state index contributed by atoms with van der Waals surface area (Å²) in [7, 11) is 0. The van der Waals surface area contributed by atoms with Gasteiger partial charge in [0.05, 0.1) is 0 Å². The van der Waals surface area contributed by atoms with Crippen LogP contribution in [0.25, 0.3) is 6.08 Å². The van der Waals surface area contributed by atoms with Gasteiger partial charge in [-0.15, -0.1) is 0 Å². The van der Waals surface area contributed by atoms with Crippen LogP contribution in [0, 0.1) is 25.2 Å². The molecule has 0 atom stereocenters. The van der Waals surface area contributed by atoms with E-state index in [1.165, 1.54) is 5.56 Å². The Labute approximate surface area is 173 Å². The summed E-state index contributed by atoms with van der Waals surface area (Å²) in [5, 5.41) is 9.62. The molecule has 3 heterocycles. The minimum atomic E-state index is -0.170. The van der Waals surface area contributed by atoms with Crippen LogP contribution in [0.15, 0.2) is 36.2 Å². The summed E-state index contributed by atoms with van der Waals surface area (Å²) < 4.78 is 2.24. The zero-order valence-corrected chi connectivity index (χ0v) is 17.6. The van der Waals surface area contributed by atoms with Crippen LogP contribution in [-0.4, -0.2) is 51.4 Å². The van der Waals surface area contributed by atoms with Crippen molar-refractivity contribution in [3.8, 4) is 6.07 Å². The van der Waals surface area contributed by atoms with E-state index in [9.17, 15) is 10.1 Å². The third kappa shape index (κ3) is 4.93. The maximum Gasteiger partial charge on any atom is 0.264 e.